The van der Waals surface area contributed by atoms with Crippen LogP contribution in [0.5, 0.6) is 0 Å². The standard InChI is InChI=1S/C19H33N3O/c1-12(2)22-8-6-14(7-9-22)20-19(23)21-18-11-13-10-17(18)16-5-3-4-15(13)16/h12-18H,3-11H2,1-2H3,(H2,20,21,23)/t13-,15+,16-,17+,18-/m1/s1. The molecule has 4 heteroatoms. The molecule has 0 aromatic carbocycles. The first kappa shape index (κ1) is 15.7. The van der Waals surface area contributed by atoms with Crippen molar-refractivity contribution in [3.05, 3.63) is 0 Å². The van der Waals surface area contributed by atoms with Crippen LogP contribution in [0, 0.1) is 23.7 Å². The fourth-order valence-electron chi connectivity index (χ4n) is 6.19. The summed E-state index contributed by atoms with van der Waals surface area (Å²) in [6.07, 6.45) is 9.10. The summed E-state index contributed by atoms with van der Waals surface area (Å²) in [6, 6.07) is 1.54. The van der Waals surface area contributed by atoms with E-state index >= 15 is 0 Å². The van der Waals surface area contributed by atoms with Crippen LogP contribution < -0.4 is 10.6 Å². The average Bonchev–Trinajstić information content (AvgIpc) is 3.19. The van der Waals surface area contributed by atoms with E-state index in [1.807, 2.05) is 0 Å². The van der Waals surface area contributed by atoms with Gasteiger partial charge in [-0.05, 0) is 76.0 Å². The lowest BCUT2D eigenvalue weighted by molar-refractivity contribution is 0.158. The summed E-state index contributed by atoms with van der Waals surface area (Å²) in [7, 11) is 0. The molecule has 1 aliphatic heterocycles. The molecule has 0 aromatic heterocycles. The number of nitrogens with one attached hydrogen (secondary N) is 2. The number of hydrogen-bond acceptors (Lipinski definition) is 2. The lowest BCUT2D eigenvalue weighted by Crippen LogP contribution is -2.52. The first-order valence-corrected chi connectivity index (χ1v) is 9.93. The predicted molar refractivity (Wildman–Crippen MR) is 92.2 cm³/mol. The summed E-state index contributed by atoms with van der Waals surface area (Å²) in [5.41, 5.74) is 0. The van der Waals surface area contributed by atoms with Gasteiger partial charge in [0.25, 0.3) is 0 Å². The zero-order chi connectivity index (χ0) is 16.0. The second-order valence-corrected chi connectivity index (χ2v) is 8.78. The molecular weight excluding hydrogens is 286 g/mol. The molecule has 4 rings (SSSR count). The Hall–Kier alpha value is -0.770. The highest BCUT2D eigenvalue weighted by Gasteiger charge is 2.54. The van der Waals surface area contributed by atoms with E-state index in [4.69, 9.17) is 0 Å². The molecule has 1 saturated heterocycles. The Morgan fingerprint density at radius 2 is 1.70 bits per heavy atom. The SMILES string of the molecule is CC(C)N1CCC(NC(=O)N[C@@H]2C[C@H]3C[C@H]2[C@@H]2CCC[C@@H]32)CC1. The van der Waals surface area contributed by atoms with Crippen molar-refractivity contribution in [2.45, 2.75) is 76.9 Å². The maximum absolute atomic E-state index is 12.4. The number of urea groups is 1. The minimum absolute atomic E-state index is 0.0973. The molecule has 3 saturated carbocycles. The number of nitrogens with zero attached hydrogens (tertiary/aromatic N) is 1. The zero-order valence-corrected chi connectivity index (χ0v) is 14.8. The van der Waals surface area contributed by atoms with Gasteiger partial charge >= 0.3 is 6.03 Å². The maximum Gasteiger partial charge on any atom is 0.315 e. The lowest BCUT2D eigenvalue weighted by Gasteiger charge is -2.36. The Balaban J connectivity index is 1.24. The quantitative estimate of drug-likeness (QED) is 0.840. The van der Waals surface area contributed by atoms with Crippen molar-refractivity contribution in [3.63, 3.8) is 0 Å². The monoisotopic (exact) mass is 319 g/mol. The molecule has 0 radical (unpaired) electrons. The second kappa shape index (κ2) is 6.27. The number of piperidine rings is 1. The molecule has 2 bridgehead atoms. The third kappa shape index (κ3) is 2.99. The number of carbonyl (C=O) groups excluding carboxylic acids is 1. The number of amides is 2. The molecule has 2 amide bonds. The molecule has 23 heavy (non-hydrogen) atoms. The van der Waals surface area contributed by atoms with E-state index in [2.05, 4.69) is 29.4 Å². The van der Waals surface area contributed by atoms with E-state index in [1.54, 1.807) is 0 Å². The highest BCUT2D eigenvalue weighted by Crippen LogP contribution is 2.58. The van der Waals surface area contributed by atoms with Gasteiger partial charge in [0.05, 0.1) is 0 Å². The lowest BCUT2D eigenvalue weighted by atomic mass is 9.79. The van der Waals surface area contributed by atoms with E-state index in [1.165, 1.54) is 32.1 Å². The van der Waals surface area contributed by atoms with Crippen molar-refractivity contribution in [1.29, 1.82) is 0 Å². The van der Waals surface area contributed by atoms with E-state index < -0.39 is 0 Å². The van der Waals surface area contributed by atoms with Gasteiger partial charge in [-0.15, -0.1) is 0 Å². The van der Waals surface area contributed by atoms with Crippen molar-refractivity contribution < 1.29 is 4.79 Å². The van der Waals surface area contributed by atoms with Gasteiger partial charge in [0.15, 0.2) is 0 Å². The third-order valence-electron chi connectivity index (χ3n) is 7.34. The van der Waals surface area contributed by atoms with Gasteiger partial charge in [-0.3, -0.25) is 0 Å². The zero-order valence-electron chi connectivity index (χ0n) is 14.8. The van der Waals surface area contributed by atoms with Crippen LogP contribution in [0.3, 0.4) is 0 Å². The topological polar surface area (TPSA) is 44.4 Å². The molecule has 130 valence electrons. The molecule has 0 aromatic rings. The maximum atomic E-state index is 12.4. The van der Waals surface area contributed by atoms with Crippen molar-refractivity contribution in [2.75, 3.05) is 13.1 Å². The van der Waals surface area contributed by atoms with Crippen LogP contribution >= 0.6 is 0 Å². The predicted octanol–water partition coefficient (Wildman–Crippen LogP) is 2.98. The summed E-state index contributed by atoms with van der Waals surface area (Å²) < 4.78 is 0. The van der Waals surface area contributed by atoms with E-state index in [-0.39, 0.29) is 6.03 Å². The smallest absolute Gasteiger partial charge is 0.315 e. The van der Waals surface area contributed by atoms with Gasteiger partial charge in [0.2, 0.25) is 0 Å². The Kier molecular flexibility index (Phi) is 4.29. The number of hydrogen-bond donors (Lipinski definition) is 2. The molecule has 4 nitrogen and oxygen atoms in total. The van der Waals surface area contributed by atoms with Crippen LogP contribution in [-0.2, 0) is 0 Å². The first-order chi connectivity index (χ1) is 11.1. The Morgan fingerprint density at radius 3 is 2.43 bits per heavy atom. The van der Waals surface area contributed by atoms with Crippen LogP contribution in [0.2, 0.25) is 0 Å². The molecule has 3 aliphatic carbocycles. The first-order valence-electron chi connectivity index (χ1n) is 9.93. The van der Waals surface area contributed by atoms with Crippen molar-refractivity contribution in [1.82, 2.24) is 15.5 Å². The number of rotatable bonds is 3. The van der Waals surface area contributed by atoms with Crippen LogP contribution in [0.15, 0.2) is 0 Å². The number of fused-ring (bicyclic) bond motifs is 5. The van der Waals surface area contributed by atoms with Gasteiger partial charge in [0, 0.05) is 31.2 Å². The van der Waals surface area contributed by atoms with Crippen molar-refractivity contribution in [2.24, 2.45) is 23.7 Å². The van der Waals surface area contributed by atoms with Gasteiger partial charge < -0.3 is 15.5 Å². The van der Waals surface area contributed by atoms with Gasteiger partial charge in [0.1, 0.15) is 0 Å². The van der Waals surface area contributed by atoms with E-state index in [9.17, 15) is 4.79 Å². The highest BCUT2D eigenvalue weighted by molar-refractivity contribution is 5.74. The normalized spacial score (nSPS) is 40.6. The van der Waals surface area contributed by atoms with Crippen molar-refractivity contribution >= 4 is 6.03 Å². The molecule has 2 N–H and O–H groups in total. The molecule has 4 fully saturated rings. The van der Waals surface area contributed by atoms with Gasteiger partial charge in [-0.2, -0.15) is 0 Å². The van der Waals surface area contributed by atoms with Crippen molar-refractivity contribution in [3.8, 4) is 0 Å². The molecule has 1 heterocycles. The Labute approximate surface area is 140 Å². The highest BCUT2D eigenvalue weighted by atomic mass is 16.2. The largest absolute Gasteiger partial charge is 0.335 e. The second-order valence-electron chi connectivity index (χ2n) is 8.78. The molecule has 5 atom stereocenters. The Morgan fingerprint density at radius 1 is 0.957 bits per heavy atom. The average molecular weight is 319 g/mol. The minimum Gasteiger partial charge on any atom is -0.335 e. The molecule has 4 aliphatic rings. The van der Waals surface area contributed by atoms with Crippen LogP contribution in [0.4, 0.5) is 4.79 Å². The van der Waals surface area contributed by atoms with E-state index in [0.717, 1.165) is 49.6 Å². The third-order valence-corrected chi connectivity index (χ3v) is 7.34. The van der Waals surface area contributed by atoms with Gasteiger partial charge in [-0.25, -0.2) is 4.79 Å². The fraction of sp³-hybridized carbons (Fsp3) is 0.947. The molecule has 0 unspecified atom stereocenters. The number of likely N-dealkylation sites (tertiary alicyclic amines) is 1. The summed E-state index contributed by atoms with van der Waals surface area (Å²) in [5.74, 6) is 3.61. The Bertz CT molecular complexity index is 444. The minimum atomic E-state index is 0.0973. The molecule has 0 spiro atoms. The fourth-order valence-corrected chi connectivity index (χ4v) is 6.19. The number of carbonyl (C=O) groups is 1. The summed E-state index contributed by atoms with van der Waals surface area (Å²) in [6.45, 7) is 6.73. The summed E-state index contributed by atoms with van der Waals surface area (Å²) >= 11 is 0. The molecular formula is C19H33N3O. The summed E-state index contributed by atoms with van der Waals surface area (Å²) in [5, 5.41) is 6.59. The van der Waals surface area contributed by atoms with Crippen LogP contribution in [0.25, 0.3) is 0 Å². The van der Waals surface area contributed by atoms with Gasteiger partial charge in [-0.1, -0.05) is 6.42 Å². The summed E-state index contributed by atoms with van der Waals surface area (Å²) in [4.78, 5) is 14.9. The van der Waals surface area contributed by atoms with E-state index in [0.29, 0.717) is 18.1 Å². The van der Waals surface area contributed by atoms with Crippen LogP contribution in [-0.4, -0.2) is 42.1 Å². The van der Waals surface area contributed by atoms with Crippen LogP contribution in [0.1, 0.15) is 58.8 Å².